The van der Waals surface area contributed by atoms with Crippen molar-refractivity contribution in [3.8, 4) is 0 Å². The van der Waals surface area contributed by atoms with Crippen LogP contribution in [-0.4, -0.2) is 133 Å². The molecule has 61 heavy (non-hydrogen) atoms. The lowest BCUT2D eigenvalue weighted by molar-refractivity contribution is -0.142. The lowest BCUT2D eigenvalue weighted by Crippen LogP contribution is -2.41. The summed E-state index contributed by atoms with van der Waals surface area (Å²) in [5.41, 5.74) is 0. The fourth-order valence-electron chi connectivity index (χ4n) is 5.97. The highest BCUT2D eigenvalue weighted by molar-refractivity contribution is 8.70. The Morgan fingerprint density at radius 2 is 1.00 bits per heavy atom. The Bertz CT molecular complexity index is 1220. The van der Waals surface area contributed by atoms with Crippen molar-refractivity contribution in [3.05, 3.63) is 0 Å². The average molecular weight is 928 g/mol. The minimum atomic E-state index is -1.17. The topological polar surface area (TPSA) is 253 Å². The van der Waals surface area contributed by atoms with E-state index in [4.69, 9.17) is 24.1 Å². The zero-order chi connectivity index (χ0) is 45.4. The molecule has 3 amide bonds. The first-order valence-corrected chi connectivity index (χ1v) is 24.1. The van der Waals surface area contributed by atoms with Crippen molar-refractivity contribution < 1.29 is 67.8 Å². The van der Waals surface area contributed by atoms with Crippen LogP contribution in [0.5, 0.6) is 0 Å². The van der Waals surface area contributed by atoms with Crippen LogP contribution < -0.4 is 16.0 Å². The van der Waals surface area contributed by atoms with E-state index in [0.717, 1.165) is 62.2 Å². The molecular formula is C41H73N3O14S3. The Labute approximate surface area is 376 Å². The van der Waals surface area contributed by atoms with Gasteiger partial charge in [-0.05, 0) is 38.5 Å². The van der Waals surface area contributed by atoms with E-state index < -0.39 is 34.4 Å². The summed E-state index contributed by atoms with van der Waals surface area (Å²) in [5.74, 6) is -4.46. The number of rotatable bonds is 45. The molecule has 1 unspecified atom stereocenters. The molecule has 0 rings (SSSR count). The SMILES string of the molecule is O=C(O)CCCCCCCCCCCCCCC(=O)N[C@@H](CCC(=O)CCCOCCOCC(=O)NCCOCCOCC(=O)NCCCC[C@@H](C(=O)O)C(S)SS)C(=O)O. The number of ketones is 1. The van der Waals surface area contributed by atoms with Crippen molar-refractivity contribution in [2.45, 2.75) is 145 Å². The monoisotopic (exact) mass is 927 g/mol. The number of hydrogen-bond donors (Lipinski definition) is 8. The number of aliphatic carboxylic acids is 3. The number of carboxylic acids is 3. The van der Waals surface area contributed by atoms with E-state index in [1.54, 1.807) is 0 Å². The van der Waals surface area contributed by atoms with Gasteiger partial charge in [0.1, 0.15) is 25.0 Å². The van der Waals surface area contributed by atoms with Gasteiger partial charge in [-0.25, -0.2) is 4.79 Å². The predicted octanol–water partition coefficient (Wildman–Crippen LogP) is 5.24. The zero-order valence-electron chi connectivity index (χ0n) is 35.8. The van der Waals surface area contributed by atoms with Crippen LogP contribution in [0.1, 0.15) is 135 Å². The first-order valence-electron chi connectivity index (χ1n) is 21.7. The van der Waals surface area contributed by atoms with Crippen LogP contribution in [0.25, 0.3) is 0 Å². The molecule has 0 heterocycles. The molecule has 0 saturated heterocycles. The fraction of sp³-hybridized carbons (Fsp3) is 0.829. The first-order chi connectivity index (χ1) is 29.4. The molecule has 0 aromatic rings. The third kappa shape index (κ3) is 38.8. The Kier molecular flexibility index (Phi) is 39.6. The Morgan fingerprint density at radius 1 is 0.492 bits per heavy atom. The molecule has 3 atom stereocenters. The maximum atomic E-state index is 12.3. The molecule has 0 spiro atoms. The van der Waals surface area contributed by atoms with Gasteiger partial charge in [-0.3, -0.25) is 28.8 Å². The summed E-state index contributed by atoms with van der Waals surface area (Å²) in [5, 5.41) is 35.3. The molecule has 0 bridgehead atoms. The van der Waals surface area contributed by atoms with Gasteiger partial charge in [-0.1, -0.05) is 81.4 Å². The number of carboxylic acid groups (broad SMARTS) is 3. The maximum absolute atomic E-state index is 12.3. The van der Waals surface area contributed by atoms with E-state index in [0.29, 0.717) is 45.3 Å². The molecular weight excluding hydrogens is 855 g/mol. The van der Waals surface area contributed by atoms with E-state index in [-0.39, 0.29) is 108 Å². The minimum Gasteiger partial charge on any atom is -0.481 e. The zero-order valence-corrected chi connectivity index (χ0v) is 38.4. The Hall–Kier alpha value is -2.62. The van der Waals surface area contributed by atoms with Crippen LogP contribution in [0.2, 0.25) is 0 Å². The lowest BCUT2D eigenvalue weighted by atomic mass is 10.0. The minimum absolute atomic E-state index is 0.0253. The van der Waals surface area contributed by atoms with Gasteiger partial charge in [0.25, 0.3) is 0 Å². The first kappa shape index (κ1) is 58.4. The van der Waals surface area contributed by atoms with Crippen LogP contribution in [0.15, 0.2) is 0 Å². The second kappa shape index (κ2) is 41.4. The fourth-order valence-corrected chi connectivity index (χ4v) is 7.08. The number of carbonyl (C=O) groups excluding carboxylic acids is 4. The smallest absolute Gasteiger partial charge is 0.326 e. The third-order valence-corrected chi connectivity index (χ3v) is 11.8. The number of carbonyl (C=O) groups is 7. The summed E-state index contributed by atoms with van der Waals surface area (Å²) in [6.07, 6.45) is 15.3. The number of nitrogens with one attached hydrogen (secondary N) is 3. The van der Waals surface area contributed by atoms with Gasteiger partial charge >= 0.3 is 17.9 Å². The van der Waals surface area contributed by atoms with E-state index in [1.165, 1.54) is 19.3 Å². The van der Waals surface area contributed by atoms with Crippen molar-refractivity contribution in [2.24, 2.45) is 5.92 Å². The normalized spacial score (nSPS) is 12.6. The summed E-state index contributed by atoms with van der Waals surface area (Å²) in [4.78, 5) is 81.8. The van der Waals surface area contributed by atoms with Crippen LogP contribution in [0, 0.1) is 5.92 Å². The van der Waals surface area contributed by atoms with Gasteiger partial charge in [0.15, 0.2) is 0 Å². The van der Waals surface area contributed by atoms with E-state index in [1.807, 2.05) is 0 Å². The second-order valence-corrected chi connectivity index (χ2v) is 17.0. The van der Waals surface area contributed by atoms with Crippen molar-refractivity contribution in [1.29, 1.82) is 0 Å². The molecule has 0 aliphatic carbocycles. The molecule has 0 aromatic heterocycles. The quantitative estimate of drug-likeness (QED) is 0.0168. The molecule has 6 N–H and O–H groups in total. The number of unbranched alkanes of at least 4 members (excludes halogenated alkanes) is 12. The molecule has 0 radical (unpaired) electrons. The van der Waals surface area contributed by atoms with Crippen molar-refractivity contribution in [3.63, 3.8) is 0 Å². The van der Waals surface area contributed by atoms with Crippen LogP contribution in [0.4, 0.5) is 0 Å². The highest BCUT2D eigenvalue weighted by atomic mass is 33.1. The molecule has 0 saturated carbocycles. The number of Topliss-reactive ketones (excluding diaryl/α,β-unsaturated/α-hetero) is 1. The lowest BCUT2D eigenvalue weighted by Gasteiger charge is -2.16. The molecule has 20 heteroatoms. The van der Waals surface area contributed by atoms with E-state index in [2.05, 4.69) is 40.2 Å². The number of ether oxygens (including phenoxy) is 4. The maximum Gasteiger partial charge on any atom is 0.326 e. The summed E-state index contributed by atoms with van der Waals surface area (Å²) in [6, 6.07) is -1.11. The third-order valence-electron chi connectivity index (χ3n) is 9.45. The molecule has 0 aromatic carbocycles. The van der Waals surface area contributed by atoms with Gasteiger partial charge < -0.3 is 50.2 Å². The second-order valence-electron chi connectivity index (χ2n) is 14.7. The van der Waals surface area contributed by atoms with Crippen molar-refractivity contribution >= 4 is 76.5 Å². The van der Waals surface area contributed by atoms with Crippen molar-refractivity contribution in [2.75, 3.05) is 65.9 Å². The van der Waals surface area contributed by atoms with E-state index >= 15 is 0 Å². The highest BCUT2D eigenvalue weighted by Gasteiger charge is 2.25. The van der Waals surface area contributed by atoms with Crippen LogP contribution >= 0.6 is 35.1 Å². The summed E-state index contributed by atoms with van der Waals surface area (Å²) < 4.78 is 21.0. The largest absolute Gasteiger partial charge is 0.481 e. The predicted molar refractivity (Wildman–Crippen MR) is 239 cm³/mol. The van der Waals surface area contributed by atoms with Gasteiger partial charge in [0.2, 0.25) is 17.7 Å². The standard InChI is InChI=1S/C41H73N3O14S3/c45-32(20-21-34(40(53)54)44-35(46)18-11-9-7-5-3-1-2-4-6-8-10-12-19-38(49)50)16-15-24-55-26-28-57-31-37(48)43-23-25-56-27-29-58-30-36(47)42-22-14-13-17-33(39(51)52)41(59)61-60/h33-34,41,59-60H,1-31H2,(H,42,47)(H,43,48)(H,44,46)(H,49,50)(H,51,52)(H,53,54)/t33-,34-,41?/m0/s1. The van der Waals surface area contributed by atoms with Gasteiger partial charge in [-0.15, -0.1) is 11.7 Å². The van der Waals surface area contributed by atoms with Gasteiger partial charge in [0.05, 0.1) is 43.5 Å². The number of hydrogen-bond acceptors (Lipinski definition) is 14. The number of amides is 3. The molecule has 17 nitrogen and oxygen atoms in total. The summed E-state index contributed by atoms with van der Waals surface area (Å²) in [7, 11) is 1.09. The van der Waals surface area contributed by atoms with Crippen LogP contribution in [0.3, 0.4) is 0 Å². The van der Waals surface area contributed by atoms with Gasteiger partial charge in [0, 0.05) is 45.4 Å². The van der Waals surface area contributed by atoms with Crippen LogP contribution in [-0.2, 0) is 52.5 Å². The van der Waals surface area contributed by atoms with Gasteiger partial charge in [-0.2, -0.15) is 12.6 Å². The van der Waals surface area contributed by atoms with Crippen molar-refractivity contribution in [1.82, 2.24) is 16.0 Å². The molecule has 0 aliphatic rings. The Balaban J connectivity index is 3.69. The number of thiol groups is 2. The molecule has 354 valence electrons. The average Bonchev–Trinajstić information content (AvgIpc) is 3.22. The Morgan fingerprint density at radius 3 is 1.52 bits per heavy atom. The summed E-state index contributed by atoms with van der Waals surface area (Å²) >= 11 is 8.24. The molecule has 0 aliphatic heterocycles. The van der Waals surface area contributed by atoms with E-state index in [9.17, 15) is 43.8 Å². The summed E-state index contributed by atoms with van der Waals surface area (Å²) in [6.45, 7) is 1.78. The highest BCUT2D eigenvalue weighted by Crippen LogP contribution is 2.29. The molecule has 0 fully saturated rings.